The van der Waals surface area contributed by atoms with Gasteiger partial charge in [-0.2, -0.15) is 0 Å². The Balaban J connectivity index is 1.50. The van der Waals surface area contributed by atoms with Gasteiger partial charge in [0.15, 0.2) is 0 Å². The lowest BCUT2D eigenvalue weighted by Crippen LogP contribution is -2.56. The number of hydrogen-bond donors (Lipinski definition) is 2. The Morgan fingerprint density at radius 3 is 2.64 bits per heavy atom. The highest BCUT2D eigenvalue weighted by atomic mass is 16.2. The van der Waals surface area contributed by atoms with Gasteiger partial charge in [0.05, 0.1) is 6.54 Å². The molecule has 0 aliphatic carbocycles. The number of hydrogen-bond acceptors (Lipinski definition) is 3. The van der Waals surface area contributed by atoms with E-state index in [4.69, 9.17) is 5.73 Å². The number of likely N-dealkylation sites (tertiary alicyclic amines) is 1. The summed E-state index contributed by atoms with van der Waals surface area (Å²) in [6, 6.07) is 8.12. The summed E-state index contributed by atoms with van der Waals surface area (Å²) >= 11 is 0. The second kappa shape index (κ2) is 7.04. The number of piperidine rings is 1. The molecule has 2 aliphatic heterocycles. The maximum atomic E-state index is 12.4. The predicted octanol–water partition coefficient (Wildman–Crippen LogP) is 1.34. The van der Waals surface area contributed by atoms with Crippen LogP contribution in [-0.2, 0) is 17.8 Å². The summed E-state index contributed by atoms with van der Waals surface area (Å²) in [6.45, 7) is 6.80. The molecule has 6 nitrogen and oxygen atoms in total. The maximum absolute atomic E-state index is 12.4. The van der Waals surface area contributed by atoms with Crippen molar-refractivity contribution in [2.45, 2.75) is 39.3 Å². The van der Waals surface area contributed by atoms with E-state index in [0.29, 0.717) is 26.2 Å². The molecule has 1 aromatic rings. The molecule has 0 radical (unpaired) electrons. The standard InChI is InChI=1S/C19H28N4O2/c1-19(2)13-23(10-8-16(19)20)17(24)11-21-18(25)22-9-7-14-5-3-4-6-15(14)12-22/h3-6,16H,7-13,20H2,1-2H3,(H,21,25). The number of nitrogens with zero attached hydrogens (tertiary/aromatic N) is 2. The van der Waals surface area contributed by atoms with Crippen molar-refractivity contribution in [3.8, 4) is 0 Å². The van der Waals surface area contributed by atoms with Gasteiger partial charge in [0, 0.05) is 32.2 Å². The minimum absolute atomic E-state index is 0.0364. The van der Waals surface area contributed by atoms with Crippen LogP contribution in [0, 0.1) is 5.41 Å². The zero-order chi connectivity index (χ0) is 18.0. The van der Waals surface area contributed by atoms with Crippen LogP contribution in [0.5, 0.6) is 0 Å². The molecule has 2 heterocycles. The van der Waals surface area contributed by atoms with E-state index in [-0.39, 0.29) is 29.9 Å². The van der Waals surface area contributed by atoms with Crippen LogP contribution in [0.1, 0.15) is 31.4 Å². The first-order chi connectivity index (χ1) is 11.9. The molecular formula is C19H28N4O2. The van der Waals surface area contributed by atoms with Crippen LogP contribution in [0.4, 0.5) is 4.79 Å². The summed E-state index contributed by atoms with van der Waals surface area (Å²) in [5.74, 6) is -0.0364. The molecule has 0 spiro atoms. The molecule has 25 heavy (non-hydrogen) atoms. The first-order valence-corrected chi connectivity index (χ1v) is 9.00. The molecule has 3 rings (SSSR count). The minimum Gasteiger partial charge on any atom is -0.341 e. The zero-order valence-electron chi connectivity index (χ0n) is 15.1. The summed E-state index contributed by atoms with van der Waals surface area (Å²) in [6.07, 6.45) is 1.66. The number of nitrogens with two attached hydrogens (primary N) is 1. The highest BCUT2D eigenvalue weighted by molar-refractivity contribution is 5.84. The number of carbonyl (C=O) groups excluding carboxylic acids is 2. The van der Waals surface area contributed by atoms with Gasteiger partial charge in [0.2, 0.25) is 5.91 Å². The lowest BCUT2D eigenvalue weighted by atomic mass is 9.79. The van der Waals surface area contributed by atoms with Crippen LogP contribution < -0.4 is 11.1 Å². The van der Waals surface area contributed by atoms with Gasteiger partial charge in [-0.1, -0.05) is 38.1 Å². The molecule has 1 unspecified atom stereocenters. The van der Waals surface area contributed by atoms with E-state index in [1.807, 2.05) is 17.0 Å². The normalized spacial score (nSPS) is 22.3. The summed E-state index contributed by atoms with van der Waals surface area (Å²) in [7, 11) is 0. The predicted molar refractivity (Wildman–Crippen MR) is 96.9 cm³/mol. The second-order valence-electron chi connectivity index (χ2n) is 7.80. The lowest BCUT2D eigenvalue weighted by Gasteiger charge is -2.42. The topological polar surface area (TPSA) is 78.7 Å². The van der Waals surface area contributed by atoms with Gasteiger partial charge in [-0.05, 0) is 29.4 Å². The Bertz CT molecular complexity index is 659. The molecule has 1 saturated heterocycles. The fourth-order valence-corrected chi connectivity index (χ4v) is 3.63. The number of amides is 3. The summed E-state index contributed by atoms with van der Waals surface area (Å²) in [5.41, 5.74) is 8.51. The summed E-state index contributed by atoms with van der Waals surface area (Å²) in [5, 5.41) is 2.78. The number of benzene rings is 1. The van der Waals surface area contributed by atoms with Gasteiger partial charge in [-0.15, -0.1) is 0 Å². The molecular weight excluding hydrogens is 316 g/mol. The van der Waals surface area contributed by atoms with Crippen LogP contribution in [0.15, 0.2) is 24.3 Å². The highest BCUT2D eigenvalue weighted by Gasteiger charge is 2.35. The summed E-state index contributed by atoms with van der Waals surface area (Å²) < 4.78 is 0. The maximum Gasteiger partial charge on any atom is 0.318 e. The van der Waals surface area contributed by atoms with Crippen molar-refractivity contribution in [2.24, 2.45) is 11.1 Å². The SMILES string of the molecule is CC1(C)CN(C(=O)CNC(=O)N2CCc3ccccc3C2)CCC1N. The van der Waals surface area contributed by atoms with Gasteiger partial charge in [-0.25, -0.2) is 4.79 Å². The quantitative estimate of drug-likeness (QED) is 0.850. The lowest BCUT2D eigenvalue weighted by molar-refractivity contribution is -0.133. The van der Waals surface area contributed by atoms with Crippen LogP contribution in [0.25, 0.3) is 0 Å². The van der Waals surface area contributed by atoms with Crippen LogP contribution in [0.2, 0.25) is 0 Å². The molecule has 0 bridgehead atoms. The molecule has 3 amide bonds. The third-order valence-corrected chi connectivity index (χ3v) is 5.47. The van der Waals surface area contributed by atoms with Crippen molar-refractivity contribution >= 4 is 11.9 Å². The fraction of sp³-hybridized carbons (Fsp3) is 0.579. The Hall–Kier alpha value is -2.08. The number of fused-ring (bicyclic) bond motifs is 1. The Kier molecular flexibility index (Phi) is 4.99. The van der Waals surface area contributed by atoms with Gasteiger partial charge in [0.25, 0.3) is 0 Å². The first kappa shape index (κ1) is 17.7. The Morgan fingerprint density at radius 2 is 1.92 bits per heavy atom. The van der Waals surface area contributed by atoms with Crippen molar-refractivity contribution in [2.75, 3.05) is 26.2 Å². The first-order valence-electron chi connectivity index (χ1n) is 9.00. The van der Waals surface area contributed by atoms with Gasteiger partial charge < -0.3 is 20.9 Å². The number of rotatable bonds is 2. The smallest absolute Gasteiger partial charge is 0.318 e. The molecule has 136 valence electrons. The van der Waals surface area contributed by atoms with Crippen molar-refractivity contribution in [1.29, 1.82) is 0 Å². The third-order valence-electron chi connectivity index (χ3n) is 5.47. The molecule has 2 aliphatic rings. The van der Waals surface area contributed by atoms with Crippen LogP contribution in [0.3, 0.4) is 0 Å². The zero-order valence-corrected chi connectivity index (χ0v) is 15.1. The average molecular weight is 344 g/mol. The van der Waals surface area contributed by atoms with Gasteiger partial charge in [0.1, 0.15) is 0 Å². The number of nitrogens with one attached hydrogen (secondary N) is 1. The molecule has 0 aromatic heterocycles. The van der Waals surface area contributed by atoms with E-state index in [1.54, 1.807) is 4.90 Å². The fourth-order valence-electron chi connectivity index (χ4n) is 3.63. The number of urea groups is 1. The minimum atomic E-state index is -0.171. The van der Waals surface area contributed by atoms with E-state index in [0.717, 1.165) is 12.8 Å². The molecule has 3 N–H and O–H groups in total. The second-order valence-corrected chi connectivity index (χ2v) is 7.80. The van der Waals surface area contributed by atoms with Crippen molar-refractivity contribution < 1.29 is 9.59 Å². The van der Waals surface area contributed by atoms with E-state index in [9.17, 15) is 9.59 Å². The highest BCUT2D eigenvalue weighted by Crippen LogP contribution is 2.27. The number of carbonyl (C=O) groups is 2. The largest absolute Gasteiger partial charge is 0.341 e. The Morgan fingerprint density at radius 1 is 1.20 bits per heavy atom. The van der Waals surface area contributed by atoms with E-state index in [2.05, 4.69) is 31.3 Å². The van der Waals surface area contributed by atoms with Crippen LogP contribution >= 0.6 is 0 Å². The average Bonchev–Trinajstić information content (AvgIpc) is 2.61. The third kappa shape index (κ3) is 3.95. The monoisotopic (exact) mass is 344 g/mol. The molecule has 6 heteroatoms. The van der Waals surface area contributed by atoms with E-state index < -0.39 is 0 Å². The molecule has 1 aromatic carbocycles. The van der Waals surface area contributed by atoms with Crippen molar-refractivity contribution in [3.05, 3.63) is 35.4 Å². The van der Waals surface area contributed by atoms with Gasteiger partial charge >= 0.3 is 6.03 Å². The van der Waals surface area contributed by atoms with Crippen molar-refractivity contribution in [1.82, 2.24) is 15.1 Å². The van der Waals surface area contributed by atoms with Crippen LogP contribution in [-0.4, -0.2) is 54.0 Å². The molecule has 1 atom stereocenters. The van der Waals surface area contributed by atoms with Crippen molar-refractivity contribution in [3.63, 3.8) is 0 Å². The molecule has 0 saturated carbocycles. The molecule has 1 fully saturated rings. The van der Waals surface area contributed by atoms with Gasteiger partial charge in [-0.3, -0.25) is 4.79 Å². The van der Waals surface area contributed by atoms with E-state index >= 15 is 0 Å². The van der Waals surface area contributed by atoms with E-state index in [1.165, 1.54) is 11.1 Å². The summed E-state index contributed by atoms with van der Waals surface area (Å²) in [4.78, 5) is 28.4. The Labute approximate surface area is 149 Å².